The summed E-state index contributed by atoms with van der Waals surface area (Å²) in [6, 6.07) is 5.48. The van der Waals surface area contributed by atoms with E-state index in [0.29, 0.717) is 30.9 Å². The lowest BCUT2D eigenvalue weighted by molar-refractivity contribution is -0.145. The third kappa shape index (κ3) is 4.42. The first-order valence-electron chi connectivity index (χ1n) is 6.89. The second-order valence-corrected chi connectivity index (χ2v) is 4.71. The average molecular weight is 281 g/mol. The molecule has 1 rings (SSSR count). The molecule has 0 aromatic heterocycles. The summed E-state index contributed by atoms with van der Waals surface area (Å²) in [5.41, 5.74) is 6.69. The van der Waals surface area contributed by atoms with E-state index in [9.17, 15) is 4.79 Å². The topological polar surface area (TPSA) is 81.8 Å². The molecule has 0 spiro atoms. The summed E-state index contributed by atoms with van der Waals surface area (Å²) >= 11 is 0. The molecule has 112 valence electrons. The Labute approximate surface area is 119 Å². The summed E-state index contributed by atoms with van der Waals surface area (Å²) in [7, 11) is 0. The minimum atomic E-state index is -0.981. The molecule has 0 bridgehead atoms. The molecule has 2 unspecified atom stereocenters. The quantitative estimate of drug-likeness (QED) is 0.763. The third-order valence-electron chi connectivity index (χ3n) is 2.81. The monoisotopic (exact) mass is 281 g/mol. The molecular weight excluding hydrogens is 258 g/mol. The molecule has 2 atom stereocenters. The fourth-order valence-corrected chi connectivity index (χ4v) is 1.92. The molecule has 0 aliphatic heterocycles. The van der Waals surface area contributed by atoms with Gasteiger partial charge in [0.2, 0.25) is 0 Å². The van der Waals surface area contributed by atoms with Gasteiger partial charge in [0, 0.05) is 6.04 Å². The smallest absolute Gasteiger partial charge is 0.344 e. The van der Waals surface area contributed by atoms with Crippen molar-refractivity contribution in [1.29, 1.82) is 0 Å². The Balaban J connectivity index is 3.12. The number of rotatable bonds is 8. The number of nitrogens with two attached hydrogens (primary N) is 1. The van der Waals surface area contributed by atoms with Gasteiger partial charge >= 0.3 is 5.97 Å². The maximum absolute atomic E-state index is 11.1. The van der Waals surface area contributed by atoms with Crippen LogP contribution in [0.2, 0.25) is 0 Å². The van der Waals surface area contributed by atoms with Crippen LogP contribution >= 0.6 is 0 Å². The van der Waals surface area contributed by atoms with Gasteiger partial charge in [-0.15, -0.1) is 0 Å². The van der Waals surface area contributed by atoms with Crippen LogP contribution in [0.4, 0.5) is 0 Å². The molecule has 5 heteroatoms. The van der Waals surface area contributed by atoms with E-state index in [-0.39, 0.29) is 6.04 Å². The first-order chi connectivity index (χ1) is 9.49. The van der Waals surface area contributed by atoms with E-state index in [2.05, 4.69) is 0 Å². The third-order valence-corrected chi connectivity index (χ3v) is 2.81. The van der Waals surface area contributed by atoms with Crippen LogP contribution in [0, 0.1) is 0 Å². The van der Waals surface area contributed by atoms with Crippen molar-refractivity contribution in [3.8, 4) is 11.5 Å². The van der Waals surface area contributed by atoms with Gasteiger partial charge in [0.1, 0.15) is 0 Å². The van der Waals surface area contributed by atoms with Gasteiger partial charge in [0.05, 0.1) is 6.61 Å². The fraction of sp³-hybridized carbons (Fsp3) is 0.533. The zero-order valence-electron chi connectivity index (χ0n) is 12.3. The van der Waals surface area contributed by atoms with Gasteiger partial charge in [-0.2, -0.15) is 0 Å². The molecule has 0 saturated heterocycles. The van der Waals surface area contributed by atoms with Crippen LogP contribution in [-0.2, 0) is 11.2 Å². The van der Waals surface area contributed by atoms with Gasteiger partial charge < -0.3 is 20.3 Å². The highest BCUT2D eigenvalue weighted by Gasteiger charge is 2.21. The number of benzene rings is 1. The van der Waals surface area contributed by atoms with Crippen LogP contribution in [0.5, 0.6) is 11.5 Å². The van der Waals surface area contributed by atoms with E-state index < -0.39 is 12.1 Å². The van der Waals surface area contributed by atoms with E-state index in [0.717, 1.165) is 5.56 Å². The van der Waals surface area contributed by atoms with Gasteiger partial charge in [-0.05, 0) is 38.3 Å². The fourth-order valence-electron chi connectivity index (χ4n) is 1.92. The first-order valence-corrected chi connectivity index (χ1v) is 6.89. The molecule has 0 aliphatic carbocycles. The highest BCUT2D eigenvalue weighted by atomic mass is 16.5. The van der Waals surface area contributed by atoms with E-state index in [4.69, 9.17) is 20.3 Å². The Hall–Kier alpha value is -1.75. The van der Waals surface area contributed by atoms with Gasteiger partial charge in [0.15, 0.2) is 17.6 Å². The summed E-state index contributed by atoms with van der Waals surface area (Å²) in [6.07, 6.45) is 0.100. The minimum absolute atomic E-state index is 0.0425. The van der Waals surface area contributed by atoms with Crippen molar-refractivity contribution in [3.05, 3.63) is 23.8 Å². The second-order valence-electron chi connectivity index (χ2n) is 4.71. The molecule has 0 heterocycles. The SMILES string of the molecule is CCOc1cccc(CC(C)N)c1OC(CC)C(=O)O. The molecule has 3 N–H and O–H groups in total. The molecule has 1 aromatic rings. The molecule has 5 nitrogen and oxygen atoms in total. The number of carboxylic acids is 1. The Morgan fingerprint density at radius 3 is 2.60 bits per heavy atom. The summed E-state index contributed by atoms with van der Waals surface area (Å²) in [4.78, 5) is 11.1. The van der Waals surface area contributed by atoms with Crippen molar-refractivity contribution < 1.29 is 19.4 Å². The highest BCUT2D eigenvalue weighted by Crippen LogP contribution is 2.33. The summed E-state index contributed by atoms with van der Waals surface area (Å²) < 4.78 is 11.2. The Morgan fingerprint density at radius 2 is 2.10 bits per heavy atom. The first kappa shape index (κ1) is 16.3. The maximum Gasteiger partial charge on any atom is 0.344 e. The minimum Gasteiger partial charge on any atom is -0.490 e. The molecular formula is C15H23NO4. The summed E-state index contributed by atoms with van der Waals surface area (Å²) in [5, 5.41) is 9.14. The number of para-hydroxylation sites is 1. The number of hydrogen-bond donors (Lipinski definition) is 2. The number of carboxylic acid groups (broad SMARTS) is 1. The van der Waals surface area contributed by atoms with Crippen molar-refractivity contribution in [2.24, 2.45) is 5.73 Å². The van der Waals surface area contributed by atoms with Crippen molar-refractivity contribution in [2.45, 2.75) is 45.8 Å². The van der Waals surface area contributed by atoms with Crippen LogP contribution in [0.1, 0.15) is 32.8 Å². The molecule has 20 heavy (non-hydrogen) atoms. The molecule has 0 aliphatic rings. The van der Waals surface area contributed by atoms with Crippen molar-refractivity contribution in [1.82, 2.24) is 0 Å². The Kier molecular flexibility index (Phi) is 6.31. The molecule has 1 aromatic carbocycles. The Morgan fingerprint density at radius 1 is 1.40 bits per heavy atom. The number of aliphatic carboxylic acids is 1. The van der Waals surface area contributed by atoms with Crippen molar-refractivity contribution >= 4 is 5.97 Å². The number of carbonyl (C=O) groups is 1. The van der Waals surface area contributed by atoms with Crippen molar-refractivity contribution in [2.75, 3.05) is 6.61 Å². The summed E-state index contributed by atoms with van der Waals surface area (Å²) in [6.45, 7) is 6.03. The van der Waals surface area contributed by atoms with Gasteiger partial charge in [-0.25, -0.2) is 4.79 Å². The van der Waals surface area contributed by atoms with Crippen LogP contribution < -0.4 is 15.2 Å². The van der Waals surface area contributed by atoms with E-state index >= 15 is 0 Å². The zero-order chi connectivity index (χ0) is 15.1. The lowest BCUT2D eigenvalue weighted by Gasteiger charge is -2.20. The number of ether oxygens (including phenoxy) is 2. The predicted molar refractivity (Wildman–Crippen MR) is 77.3 cm³/mol. The average Bonchev–Trinajstić information content (AvgIpc) is 2.37. The molecule has 0 saturated carbocycles. The highest BCUT2D eigenvalue weighted by molar-refractivity contribution is 5.73. The van der Waals surface area contributed by atoms with Gasteiger partial charge in [0.25, 0.3) is 0 Å². The van der Waals surface area contributed by atoms with Gasteiger partial charge in [-0.3, -0.25) is 0 Å². The zero-order valence-corrected chi connectivity index (χ0v) is 12.3. The van der Waals surface area contributed by atoms with Gasteiger partial charge in [-0.1, -0.05) is 19.1 Å². The predicted octanol–water partition coefficient (Wildman–Crippen LogP) is 2.22. The molecule has 0 fully saturated rings. The maximum atomic E-state index is 11.1. The molecule has 0 radical (unpaired) electrons. The number of hydrogen-bond acceptors (Lipinski definition) is 4. The van der Waals surface area contributed by atoms with E-state index in [1.807, 2.05) is 26.0 Å². The van der Waals surface area contributed by atoms with E-state index in [1.165, 1.54) is 0 Å². The second kappa shape index (κ2) is 7.75. The largest absolute Gasteiger partial charge is 0.490 e. The lowest BCUT2D eigenvalue weighted by Crippen LogP contribution is -2.27. The lowest BCUT2D eigenvalue weighted by atomic mass is 10.1. The van der Waals surface area contributed by atoms with Crippen LogP contribution in [-0.4, -0.2) is 29.8 Å². The summed E-state index contributed by atoms with van der Waals surface area (Å²) in [5.74, 6) is 0.0665. The molecule has 0 amide bonds. The van der Waals surface area contributed by atoms with Crippen LogP contribution in [0.25, 0.3) is 0 Å². The van der Waals surface area contributed by atoms with Crippen LogP contribution in [0.3, 0.4) is 0 Å². The van der Waals surface area contributed by atoms with Crippen molar-refractivity contribution in [3.63, 3.8) is 0 Å². The standard InChI is InChI=1S/C15H23NO4/c1-4-12(15(17)18)20-14-11(9-10(3)16)7-6-8-13(14)19-5-2/h6-8,10,12H,4-5,9,16H2,1-3H3,(H,17,18). The van der Waals surface area contributed by atoms with Crippen LogP contribution in [0.15, 0.2) is 18.2 Å². The normalized spacial score (nSPS) is 13.6. The van der Waals surface area contributed by atoms with E-state index in [1.54, 1.807) is 13.0 Å². The Bertz CT molecular complexity index is 445.